The summed E-state index contributed by atoms with van der Waals surface area (Å²) in [7, 11) is -3.95. The molecular weight excluding hydrogens is 467 g/mol. The number of amides is 1. The maximum Gasteiger partial charge on any atom is 0.416 e. The number of halogens is 3. The SMILES string of the molecule is CC(C)n1c(=O)sc2cc(NC(=O)CN(c3ccc(C(F)(F)F)cc3)S(C)(=O)=O)ccc21. The highest BCUT2D eigenvalue weighted by atomic mass is 32.2. The molecule has 0 unspecified atom stereocenters. The molecule has 12 heteroatoms. The zero-order valence-electron chi connectivity index (χ0n) is 17.3. The molecule has 0 spiro atoms. The van der Waals surface area contributed by atoms with Gasteiger partial charge in [0, 0.05) is 11.7 Å². The van der Waals surface area contributed by atoms with Crippen molar-refractivity contribution in [3.8, 4) is 0 Å². The first kappa shape index (κ1) is 23.8. The Morgan fingerprint density at radius 1 is 1.16 bits per heavy atom. The van der Waals surface area contributed by atoms with E-state index in [1.807, 2.05) is 13.8 Å². The molecular formula is C20H20F3N3O4S2. The number of nitrogens with zero attached hydrogens (tertiary/aromatic N) is 2. The molecule has 32 heavy (non-hydrogen) atoms. The molecule has 7 nitrogen and oxygen atoms in total. The van der Waals surface area contributed by atoms with E-state index in [1.54, 1.807) is 22.8 Å². The summed E-state index contributed by atoms with van der Waals surface area (Å²) in [6.07, 6.45) is -3.71. The van der Waals surface area contributed by atoms with E-state index in [2.05, 4.69) is 5.32 Å². The molecule has 0 radical (unpaired) electrons. The first-order chi connectivity index (χ1) is 14.8. The van der Waals surface area contributed by atoms with Gasteiger partial charge < -0.3 is 5.32 Å². The van der Waals surface area contributed by atoms with E-state index < -0.39 is 34.2 Å². The molecule has 1 amide bonds. The molecule has 0 saturated carbocycles. The number of thiazole rings is 1. The number of hydrogen-bond acceptors (Lipinski definition) is 5. The minimum absolute atomic E-state index is 0.0382. The molecule has 0 aliphatic carbocycles. The average Bonchev–Trinajstić information content (AvgIpc) is 2.99. The normalized spacial score (nSPS) is 12.3. The van der Waals surface area contributed by atoms with Gasteiger partial charge in [0.15, 0.2) is 0 Å². The molecule has 1 N–H and O–H groups in total. The Labute approximate surface area is 186 Å². The van der Waals surface area contributed by atoms with E-state index in [0.717, 1.165) is 47.4 Å². The first-order valence-electron chi connectivity index (χ1n) is 9.37. The van der Waals surface area contributed by atoms with Crippen LogP contribution in [-0.4, -0.2) is 31.7 Å². The standard InChI is InChI=1S/C20H20F3N3O4S2/c1-12(2)26-16-9-6-14(10-17(16)31-19(26)28)24-18(27)11-25(32(3,29)30)15-7-4-13(5-8-15)20(21,22)23/h4-10,12H,11H2,1-3H3,(H,24,27). The topological polar surface area (TPSA) is 88.5 Å². The molecule has 2 aromatic carbocycles. The van der Waals surface area contributed by atoms with Crippen molar-refractivity contribution in [2.24, 2.45) is 0 Å². The Balaban J connectivity index is 1.82. The third-order valence-corrected chi connectivity index (χ3v) is 6.64. The maximum absolute atomic E-state index is 12.8. The van der Waals surface area contributed by atoms with Gasteiger partial charge in [0.05, 0.1) is 27.7 Å². The van der Waals surface area contributed by atoms with Gasteiger partial charge in [-0.3, -0.25) is 18.5 Å². The molecule has 1 aromatic heterocycles. The highest BCUT2D eigenvalue weighted by Crippen LogP contribution is 2.31. The summed E-state index contributed by atoms with van der Waals surface area (Å²) >= 11 is 1.02. The van der Waals surface area contributed by atoms with Gasteiger partial charge in [-0.1, -0.05) is 11.3 Å². The Morgan fingerprint density at radius 3 is 2.31 bits per heavy atom. The van der Waals surface area contributed by atoms with Crippen LogP contribution in [0.1, 0.15) is 25.5 Å². The molecule has 0 aliphatic rings. The number of sulfonamides is 1. The predicted octanol–water partition coefficient (Wildman–Crippen LogP) is 4.07. The summed E-state index contributed by atoms with van der Waals surface area (Å²) in [5.74, 6) is -0.690. The molecule has 1 heterocycles. The molecule has 172 valence electrons. The summed E-state index contributed by atoms with van der Waals surface area (Å²) in [5, 5.41) is 2.57. The number of rotatable bonds is 6. The average molecular weight is 488 g/mol. The fourth-order valence-electron chi connectivity index (χ4n) is 3.15. The number of carbonyl (C=O) groups excluding carboxylic acids is 1. The Bertz CT molecular complexity index is 1310. The van der Waals surface area contributed by atoms with Gasteiger partial charge in [-0.15, -0.1) is 0 Å². The number of nitrogens with one attached hydrogen (secondary N) is 1. The van der Waals surface area contributed by atoms with E-state index in [1.165, 1.54) is 0 Å². The van der Waals surface area contributed by atoms with Crippen LogP contribution in [-0.2, 0) is 21.0 Å². The van der Waals surface area contributed by atoms with E-state index >= 15 is 0 Å². The van der Waals surface area contributed by atoms with Crippen LogP contribution < -0.4 is 14.5 Å². The van der Waals surface area contributed by atoms with Crippen molar-refractivity contribution in [2.45, 2.75) is 26.1 Å². The van der Waals surface area contributed by atoms with Crippen LogP contribution in [0.5, 0.6) is 0 Å². The van der Waals surface area contributed by atoms with Crippen molar-refractivity contribution in [1.82, 2.24) is 4.57 Å². The highest BCUT2D eigenvalue weighted by Gasteiger charge is 2.31. The molecule has 3 aromatic rings. The fourth-order valence-corrected chi connectivity index (χ4v) is 5.06. The number of alkyl halides is 3. The van der Waals surface area contributed by atoms with Crippen molar-refractivity contribution in [3.63, 3.8) is 0 Å². The van der Waals surface area contributed by atoms with Crippen LogP contribution in [0.2, 0.25) is 0 Å². The lowest BCUT2D eigenvalue weighted by molar-refractivity contribution is -0.137. The maximum atomic E-state index is 12.8. The number of fused-ring (bicyclic) bond motifs is 1. The number of hydrogen-bond donors (Lipinski definition) is 1. The minimum atomic E-state index is -4.57. The first-order valence-corrected chi connectivity index (χ1v) is 12.0. The predicted molar refractivity (Wildman–Crippen MR) is 119 cm³/mol. The van der Waals surface area contributed by atoms with Crippen molar-refractivity contribution in [1.29, 1.82) is 0 Å². The monoisotopic (exact) mass is 487 g/mol. The summed E-state index contributed by atoms with van der Waals surface area (Å²) in [6.45, 7) is 3.13. The Hall–Kier alpha value is -2.86. The van der Waals surface area contributed by atoms with E-state index in [9.17, 15) is 31.2 Å². The van der Waals surface area contributed by atoms with Gasteiger partial charge in [0.25, 0.3) is 0 Å². The smallest absolute Gasteiger partial charge is 0.324 e. The van der Waals surface area contributed by atoms with Crippen LogP contribution in [0, 0.1) is 0 Å². The van der Waals surface area contributed by atoms with Crippen LogP contribution in [0.3, 0.4) is 0 Å². The Kier molecular flexibility index (Phi) is 6.38. The van der Waals surface area contributed by atoms with Crippen LogP contribution in [0.25, 0.3) is 10.2 Å². The van der Waals surface area contributed by atoms with Gasteiger partial charge in [0.1, 0.15) is 6.54 Å². The molecule has 0 aliphatic heterocycles. The largest absolute Gasteiger partial charge is 0.416 e. The summed E-state index contributed by atoms with van der Waals surface area (Å²) in [5.41, 5.74) is 0.0779. The third-order valence-electron chi connectivity index (χ3n) is 4.58. The van der Waals surface area contributed by atoms with Gasteiger partial charge in [-0.25, -0.2) is 8.42 Å². The minimum Gasteiger partial charge on any atom is -0.324 e. The Morgan fingerprint density at radius 2 is 1.78 bits per heavy atom. The number of carbonyl (C=O) groups is 1. The van der Waals surface area contributed by atoms with E-state index in [0.29, 0.717) is 14.7 Å². The number of anilines is 2. The summed E-state index contributed by atoms with van der Waals surface area (Å²) in [4.78, 5) is 24.6. The zero-order valence-corrected chi connectivity index (χ0v) is 18.9. The van der Waals surface area contributed by atoms with E-state index in [-0.39, 0.29) is 16.6 Å². The zero-order chi connectivity index (χ0) is 23.8. The van der Waals surface area contributed by atoms with E-state index in [4.69, 9.17) is 0 Å². The molecule has 3 rings (SSSR count). The molecule has 0 atom stereocenters. The van der Waals surface area contributed by atoms with Crippen molar-refractivity contribution in [3.05, 3.63) is 57.7 Å². The summed E-state index contributed by atoms with van der Waals surface area (Å²) in [6, 6.07) is 8.34. The van der Waals surface area contributed by atoms with Gasteiger partial charge >= 0.3 is 11.0 Å². The van der Waals surface area contributed by atoms with Crippen molar-refractivity contribution < 1.29 is 26.4 Å². The number of aromatic nitrogens is 1. The second kappa shape index (κ2) is 8.58. The molecule has 0 saturated heterocycles. The van der Waals surface area contributed by atoms with Gasteiger partial charge in [-0.05, 0) is 56.3 Å². The molecule has 0 fully saturated rings. The van der Waals surface area contributed by atoms with Crippen LogP contribution in [0.15, 0.2) is 47.3 Å². The second-order valence-corrected chi connectivity index (χ2v) is 10.3. The van der Waals surface area contributed by atoms with Gasteiger partial charge in [-0.2, -0.15) is 13.2 Å². The van der Waals surface area contributed by atoms with Gasteiger partial charge in [0.2, 0.25) is 15.9 Å². The second-order valence-electron chi connectivity index (χ2n) is 7.38. The van der Waals surface area contributed by atoms with Crippen molar-refractivity contribution in [2.75, 3.05) is 22.4 Å². The quantitative estimate of drug-likeness (QED) is 0.568. The highest BCUT2D eigenvalue weighted by molar-refractivity contribution is 7.92. The van der Waals surface area contributed by atoms with Crippen LogP contribution in [0.4, 0.5) is 24.5 Å². The lowest BCUT2D eigenvalue weighted by Gasteiger charge is -2.22. The molecule has 0 bridgehead atoms. The lowest BCUT2D eigenvalue weighted by Crippen LogP contribution is -2.37. The van der Waals surface area contributed by atoms with Crippen LogP contribution >= 0.6 is 11.3 Å². The fraction of sp³-hybridized carbons (Fsp3) is 0.300. The number of benzene rings is 2. The van der Waals surface area contributed by atoms with Crippen molar-refractivity contribution >= 4 is 48.9 Å². The summed E-state index contributed by atoms with van der Waals surface area (Å²) < 4.78 is 65.7. The lowest BCUT2D eigenvalue weighted by atomic mass is 10.2. The third kappa shape index (κ3) is 5.13.